The molecule has 4 rings (SSSR count). The van der Waals surface area contributed by atoms with E-state index in [4.69, 9.17) is 4.74 Å². The van der Waals surface area contributed by atoms with Crippen LogP contribution in [0.15, 0.2) is 73.2 Å². The van der Waals surface area contributed by atoms with Gasteiger partial charge in [-0.05, 0) is 34.8 Å². The molecule has 5 nitrogen and oxygen atoms in total. The molecule has 1 aliphatic carbocycles. The highest BCUT2D eigenvalue weighted by Crippen LogP contribution is 2.44. The van der Waals surface area contributed by atoms with Crippen molar-refractivity contribution in [3.63, 3.8) is 0 Å². The third-order valence-electron chi connectivity index (χ3n) is 4.80. The third-order valence-corrected chi connectivity index (χ3v) is 4.80. The van der Waals surface area contributed by atoms with E-state index >= 15 is 0 Å². The maximum Gasteiger partial charge on any atom is 0.407 e. The Morgan fingerprint density at radius 3 is 2.43 bits per heavy atom. The number of benzene rings is 2. The van der Waals surface area contributed by atoms with Gasteiger partial charge in [0.25, 0.3) is 0 Å². The van der Waals surface area contributed by atoms with E-state index in [2.05, 4.69) is 39.6 Å². The van der Waals surface area contributed by atoms with Crippen molar-refractivity contribution in [3.05, 3.63) is 90.0 Å². The summed E-state index contributed by atoms with van der Waals surface area (Å²) in [5.41, 5.74) is 5.66. The Balaban J connectivity index is 1.29. The summed E-state index contributed by atoms with van der Waals surface area (Å²) in [6, 6.07) is 16.6. The molecule has 1 N–H and O–H groups in total. The number of nitrogens with one attached hydrogen (secondary N) is 1. The van der Waals surface area contributed by atoms with Crippen molar-refractivity contribution in [3.8, 4) is 11.1 Å². The lowest BCUT2D eigenvalue weighted by Crippen LogP contribution is -2.26. The van der Waals surface area contributed by atoms with Gasteiger partial charge in [-0.2, -0.15) is 0 Å². The number of carbonyl (C=O) groups excluding carboxylic acids is 1. The lowest BCUT2D eigenvalue weighted by molar-refractivity contribution is 0.143. The topological polar surface area (TPSA) is 64.1 Å². The molecule has 1 amide bonds. The molecule has 0 fully saturated rings. The monoisotopic (exact) mass is 371 g/mol. The molecular formula is C23H21N3O2. The molecular weight excluding hydrogens is 350 g/mol. The number of alkyl carbamates (subject to hydrolysis) is 1. The first-order chi connectivity index (χ1) is 13.8. The molecule has 1 aromatic heterocycles. The van der Waals surface area contributed by atoms with E-state index in [-0.39, 0.29) is 5.92 Å². The zero-order chi connectivity index (χ0) is 19.2. The van der Waals surface area contributed by atoms with E-state index in [0.717, 1.165) is 5.69 Å². The SMILES string of the molecule is O=C(NCCC=Cc1cnccn1)OCC1c2ccccc2-c2ccccc21. The highest BCUT2D eigenvalue weighted by atomic mass is 16.5. The first kappa shape index (κ1) is 17.9. The smallest absolute Gasteiger partial charge is 0.407 e. The van der Waals surface area contributed by atoms with E-state index in [1.165, 1.54) is 22.3 Å². The van der Waals surface area contributed by atoms with E-state index in [0.29, 0.717) is 19.6 Å². The zero-order valence-corrected chi connectivity index (χ0v) is 15.4. The molecule has 0 aliphatic heterocycles. The summed E-state index contributed by atoms with van der Waals surface area (Å²) in [6.07, 6.45) is 9.11. The molecule has 0 unspecified atom stereocenters. The first-order valence-corrected chi connectivity index (χ1v) is 9.34. The fourth-order valence-corrected chi connectivity index (χ4v) is 3.51. The van der Waals surface area contributed by atoms with Crippen LogP contribution in [0.4, 0.5) is 4.79 Å². The van der Waals surface area contributed by atoms with Crippen molar-refractivity contribution < 1.29 is 9.53 Å². The highest BCUT2D eigenvalue weighted by molar-refractivity contribution is 5.79. The summed E-state index contributed by atoms with van der Waals surface area (Å²) < 4.78 is 5.51. The number of fused-ring (bicyclic) bond motifs is 3. The van der Waals surface area contributed by atoms with Crippen LogP contribution in [0.5, 0.6) is 0 Å². The van der Waals surface area contributed by atoms with E-state index < -0.39 is 6.09 Å². The Bertz CT molecular complexity index is 940. The fraction of sp³-hybridized carbons (Fsp3) is 0.174. The van der Waals surface area contributed by atoms with Crippen molar-refractivity contribution in [2.24, 2.45) is 0 Å². The predicted octanol–water partition coefficient (Wildman–Crippen LogP) is 4.42. The number of aromatic nitrogens is 2. The van der Waals surface area contributed by atoms with Crippen molar-refractivity contribution in [1.82, 2.24) is 15.3 Å². The molecule has 0 bridgehead atoms. The lowest BCUT2D eigenvalue weighted by atomic mass is 9.98. The van der Waals surface area contributed by atoms with E-state index in [9.17, 15) is 4.79 Å². The predicted molar refractivity (Wildman–Crippen MR) is 109 cm³/mol. The van der Waals surface area contributed by atoms with Crippen LogP contribution in [0.3, 0.4) is 0 Å². The molecule has 28 heavy (non-hydrogen) atoms. The molecule has 3 aromatic rings. The molecule has 0 atom stereocenters. The number of rotatable bonds is 6. The summed E-state index contributed by atoms with van der Waals surface area (Å²) in [5.74, 6) is 0.0784. The van der Waals surface area contributed by atoms with Crippen LogP contribution in [-0.2, 0) is 4.74 Å². The first-order valence-electron chi connectivity index (χ1n) is 9.34. The van der Waals surface area contributed by atoms with Crippen LogP contribution in [0.25, 0.3) is 17.2 Å². The van der Waals surface area contributed by atoms with Gasteiger partial charge in [-0.3, -0.25) is 9.97 Å². The molecule has 0 saturated carbocycles. The van der Waals surface area contributed by atoms with Crippen molar-refractivity contribution in [2.75, 3.05) is 13.2 Å². The Morgan fingerprint density at radius 1 is 1.04 bits per heavy atom. The molecule has 0 saturated heterocycles. The Hall–Kier alpha value is -3.47. The summed E-state index contributed by atoms with van der Waals surface area (Å²) in [4.78, 5) is 20.2. The standard InChI is InChI=1S/C23H21N3O2/c27-23(26-12-6-5-7-17-15-24-13-14-25-17)28-16-22-20-10-3-1-8-18(20)19-9-2-4-11-21(19)22/h1-5,7-11,13-15,22H,6,12,16H2,(H,26,27). The number of hydrogen-bond acceptors (Lipinski definition) is 4. The van der Waals surface area contributed by atoms with Crippen LogP contribution in [0, 0.1) is 0 Å². The maximum atomic E-state index is 12.1. The second-order valence-corrected chi connectivity index (χ2v) is 6.57. The molecule has 1 heterocycles. The minimum absolute atomic E-state index is 0.0784. The zero-order valence-electron chi connectivity index (χ0n) is 15.4. The van der Waals surface area contributed by atoms with Crippen LogP contribution in [-0.4, -0.2) is 29.2 Å². The normalized spacial score (nSPS) is 12.6. The van der Waals surface area contributed by atoms with Gasteiger partial charge in [0, 0.05) is 24.9 Å². The van der Waals surface area contributed by atoms with Gasteiger partial charge in [0.05, 0.1) is 11.9 Å². The maximum absolute atomic E-state index is 12.1. The quantitative estimate of drug-likeness (QED) is 0.652. The number of amides is 1. The second-order valence-electron chi connectivity index (χ2n) is 6.57. The van der Waals surface area contributed by atoms with E-state index in [1.807, 2.05) is 36.4 Å². The molecule has 0 spiro atoms. The molecule has 5 heteroatoms. The number of carbonyl (C=O) groups is 1. The van der Waals surface area contributed by atoms with E-state index in [1.54, 1.807) is 18.6 Å². The summed E-state index contributed by atoms with van der Waals surface area (Å²) in [5, 5.41) is 2.79. The Labute approximate surface area is 164 Å². The molecule has 140 valence electrons. The number of ether oxygens (including phenoxy) is 1. The lowest BCUT2D eigenvalue weighted by Gasteiger charge is -2.14. The van der Waals surface area contributed by atoms with Gasteiger partial charge >= 0.3 is 6.09 Å². The van der Waals surface area contributed by atoms with Crippen molar-refractivity contribution in [2.45, 2.75) is 12.3 Å². The van der Waals surface area contributed by atoms with Gasteiger partial charge < -0.3 is 10.1 Å². The molecule has 2 aromatic carbocycles. The van der Waals surface area contributed by atoms with Gasteiger partial charge in [0.1, 0.15) is 6.61 Å². The van der Waals surface area contributed by atoms with Crippen LogP contribution >= 0.6 is 0 Å². The van der Waals surface area contributed by atoms with Crippen LogP contribution in [0.2, 0.25) is 0 Å². The molecule has 0 radical (unpaired) electrons. The average molecular weight is 371 g/mol. The van der Waals surface area contributed by atoms with Gasteiger partial charge in [-0.1, -0.05) is 54.6 Å². The second kappa shape index (κ2) is 8.48. The minimum atomic E-state index is -0.394. The Morgan fingerprint density at radius 2 is 1.75 bits per heavy atom. The van der Waals surface area contributed by atoms with Crippen molar-refractivity contribution >= 4 is 12.2 Å². The molecule has 1 aliphatic rings. The largest absolute Gasteiger partial charge is 0.449 e. The number of nitrogens with zero attached hydrogens (tertiary/aromatic N) is 2. The summed E-state index contributed by atoms with van der Waals surface area (Å²) >= 11 is 0. The number of hydrogen-bond donors (Lipinski definition) is 1. The van der Waals surface area contributed by atoms with Gasteiger partial charge in [-0.25, -0.2) is 4.79 Å². The third kappa shape index (κ3) is 3.93. The fourth-order valence-electron chi connectivity index (χ4n) is 3.51. The van der Waals surface area contributed by atoms with Crippen LogP contribution in [0.1, 0.15) is 29.2 Å². The van der Waals surface area contributed by atoms with Crippen LogP contribution < -0.4 is 5.32 Å². The van der Waals surface area contributed by atoms with Gasteiger partial charge in [-0.15, -0.1) is 0 Å². The van der Waals surface area contributed by atoms with Crippen molar-refractivity contribution in [1.29, 1.82) is 0 Å². The Kier molecular flexibility index (Phi) is 5.43. The summed E-state index contributed by atoms with van der Waals surface area (Å²) in [7, 11) is 0. The van der Waals surface area contributed by atoms with Gasteiger partial charge in [0.15, 0.2) is 0 Å². The highest BCUT2D eigenvalue weighted by Gasteiger charge is 2.28. The minimum Gasteiger partial charge on any atom is -0.449 e. The average Bonchev–Trinajstić information content (AvgIpc) is 3.07. The summed E-state index contributed by atoms with van der Waals surface area (Å²) in [6.45, 7) is 0.836. The van der Waals surface area contributed by atoms with Gasteiger partial charge in [0.2, 0.25) is 0 Å².